The van der Waals surface area contributed by atoms with Gasteiger partial charge in [-0.25, -0.2) is 0 Å². The number of hydrogen-bond donors (Lipinski definition) is 0. The molecule has 3 heterocycles. The Morgan fingerprint density at radius 1 is 0.329 bits per heavy atom. The minimum atomic E-state index is -0.484. The van der Waals surface area contributed by atoms with Crippen LogP contribution in [0.15, 0.2) is 237 Å². The van der Waals surface area contributed by atoms with Crippen molar-refractivity contribution in [2.45, 2.75) is 77.8 Å². The Morgan fingerprint density at radius 3 is 1.14 bits per heavy atom. The van der Waals surface area contributed by atoms with Crippen molar-refractivity contribution in [3.05, 3.63) is 237 Å². The Morgan fingerprint density at radius 2 is 0.696 bits per heavy atom. The highest BCUT2D eigenvalue weighted by atomic mass is 16.7. The number of rotatable bonds is 11. The summed E-state index contributed by atoms with van der Waals surface area (Å²) < 4.78 is 28.7. The van der Waals surface area contributed by atoms with Crippen LogP contribution in [0.3, 0.4) is 0 Å². The van der Waals surface area contributed by atoms with Crippen LogP contribution in [-0.2, 0) is 18.6 Å². The molecule has 0 amide bonds. The van der Waals surface area contributed by atoms with Gasteiger partial charge in [0, 0.05) is 50.0 Å². The molecule has 0 radical (unpaired) electrons. The number of nitrogens with zero attached hydrogens (tertiary/aromatic N) is 3. The van der Waals surface area contributed by atoms with Gasteiger partial charge < -0.3 is 33.0 Å². The molecule has 0 bridgehead atoms. The molecule has 10 aromatic carbocycles. The highest BCUT2D eigenvalue weighted by molar-refractivity contribution is 6.62. The summed E-state index contributed by atoms with van der Waals surface area (Å²) >= 11 is 0. The van der Waals surface area contributed by atoms with Gasteiger partial charge in [-0.2, -0.15) is 0 Å². The van der Waals surface area contributed by atoms with Crippen molar-refractivity contribution >= 4 is 91.9 Å². The lowest BCUT2D eigenvalue weighted by molar-refractivity contribution is 0.00578. The molecule has 11 aromatic rings. The van der Waals surface area contributed by atoms with Crippen molar-refractivity contribution in [2.75, 3.05) is 9.80 Å². The van der Waals surface area contributed by atoms with E-state index in [9.17, 15) is 0 Å². The first-order valence-electron chi connectivity index (χ1n) is 27.5. The highest BCUT2D eigenvalue weighted by Gasteiger charge is 2.53. The third kappa shape index (κ3) is 8.82. The number of benzene rings is 10. The van der Waals surface area contributed by atoms with Gasteiger partial charge >= 0.3 is 14.2 Å². The smallest absolute Gasteiger partial charge is 0.399 e. The third-order valence-electron chi connectivity index (χ3n) is 17.1. The Balaban J connectivity index is 1.03. The molecule has 2 aliphatic heterocycles. The third-order valence-corrected chi connectivity index (χ3v) is 17.1. The fourth-order valence-electron chi connectivity index (χ4n) is 11.4. The van der Waals surface area contributed by atoms with Crippen LogP contribution >= 0.6 is 0 Å². The standard InChI is InChI=1S/C70H63B2N3O4/c1-67(2)68(3,4)77-71(76-67)51-34-38-53(39-35-51)73(62-31-19-17-29-57(62)48-22-11-9-12-23-48)55-42-44-65-60(46-55)61-47-56(43-45-66(61)75(65)64-33-21-27-50-26-15-16-28-59(50)64)74(63-32-20-18-30-58(63)49-24-13-10-14-25-49)54-40-36-52(37-41-54)72-78-69(5,6)70(7,8)79-72/h9-47H,1-8H3. The van der Waals surface area contributed by atoms with Gasteiger partial charge in [0.2, 0.25) is 0 Å². The van der Waals surface area contributed by atoms with E-state index in [1.165, 1.54) is 10.8 Å². The van der Waals surface area contributed by atoms with Crippen LogP contribution < -0.4 is 20.7 Å². The van der Waals surface area contributed by atoms with Gasteiger partial charge in [-0.3, -0.25) is 0 Å². The Bertz CT molecular complexity index is 3800. The van der Waals surface area contributed by atoms with Crippen LogP contribution in [0.5, 0.6) is 0 Å². The molecule has 79 heavy (non-hydrogen) atoms. The second-order valence-corrected chi connectivity index (χ2v) is 23.0. The van der Waals surface area contributed by atoms with Crippen molar-refractivity contribution in [3.63, 3.8) is 0 Å². The fourth-order valence-corrected chi connectivity index (χ4v) is 11.4. The molecule has 0 saturated carbocycles. The Labute approximate surface area is 464 Å². The van der Waals surface area contributed by atoms with Crippen molar-refractivity contribution in [1.29, 1.82) is 0 Å². The first-order chi connectivity index (χ1) is 38.1. The van der Waals surface area contributed by atoms with Crippen molar-refractivity contribution < 1.29 is 18.6 Å². The van der Waals surface area contributed by atoms with Gasteiger partial charge in [0.15, 0.2) is 0 Å². The summed E-state index contributed by atoms with van der Waals surface area (Å²) in [6.45, 7) is 16.8. The van der Waals surface area contributed by atoms with Crippen LogP contribution in [0.1, 0.15) is 55.4 Å². The summed E-state index contributed by atoms with van der Waals surface area (Å²) in [6.07, 6.45) is 0. The molecule has 9 heteroatoms. The Kier molecular flexibility index (Phi) is 12.3. The zero-order valence-electron chi connectivity index (χ0n) is 46.1. The maximum atomic E-state index is 6.55. The summed E-state index contributed by atoms with van der Waals surface area (Å²) in [7, 11) is -0.968. The van der Waals surface area contributed by atoms with E-state index >= 15 is 0 Å². The van der Waals surface area contributed by atoms with Gasteiger partial charge in [0.1, 0.15) is 0 Å². The molecule has 13 rings (SSSR count). The molecule has 2 aliphatic rings. The molecule has 0 aliphatic carbocycles. The fraction of sp³-hybridized carbons (Fsp3) is 0.171. The van der Waals surface area contributed by atoms with Crippen molar-refractivity contribution in [2.24, 2.45) is 0 Å². The number of anilines is 6. The quantitative estimate of drug-likeness (QED) is 0.120. The maximum Gasteiger partial charge on any atom is 0.494 e. The van der Waals surface area contributed by atoms with E-state index in [2.05, 4.69) is 306 Å². The summed E-state index contributed by atoms with van der Waals surface area (Å²) in [5.74, 6) is 0. The first kappa shape index (κ1) is 50.3. The van der Waals surface area contributed by atoms with E-state index in [0.717, 1.165) is 94.8 Å². The molecule has 2 saturated heterocycles. The lowest BCUT2D eigenvalue weighted by atomic mass is 9.79. The van der Waals surface area contributed by atoms with Crippen molar-refractivity contribution in [1.82, 2.24) is 4.57 Å². The number of fused-ring (bicyclic) bond motifs is 4. The number of aromatic nitrogens is 1. The molecule has 0 atom stereocenters. The molecule has 0 spiro atoms. The number of para-hydroxylation sites is 2. The maximum absolute atomic E-state index is 6.55. The van der Waals surface area contributed by atoms with Gasteiger partial charge in [0.05, 0.1) is 50.5 Å². The van der Waals surface area contributed by atoms with Crippen molar-refractivity contribution in [3.8, 4) is 27.9 Å². The van der Waals surface area contributed by atoms with E-state index < -0.39 is 36.6 Å². The predicted molar refractivity (Wildman–Crippen MR) is 330 cm³/mol. The van der Waals surface area contributed by atoms with Crippen LogP contribution in [0, 0.1) is 0 Å². The van der Waals surface area contributed by atoms with Gasteiger partial charge in [0.25, 0.3) is 0 Å². The van der Waals surface area contributed by atoms with Crippen LogP contribution in [0.4, 0.5) is 34.1 Å². The molecule has 0 N–H and O–H groups in total. The summed E-state index contributed by atoms with van der Waals surface area (Å²) in [5, 5.41) is 4.60. The minimum Gasteiger partial charge on any atom is -0.399 e. The number of hydrogen-bond acceptors (Lipinski definition) is 6. The van der Waals surface area contributed by atoms with E-state index in [1.54, 1.807) is 0 Å². The lowest BCUT2D eigenvalue weighted by Gasteiger charge is -2.32. The van der Waals surface area contributed by atoms with E-state index in [4.69, 9.17) is 18.6 Å². The molecule has 0 unspecified atom stereocenters. The second kappa shape index (κ2) is 19.3. The largest absolute Gasteiger partial charge is 0.494 e. The average molecular weight is 1030 g/mol. The first-order valence-corrected chi connectivity index (χ1v) is 27.5. The van der Waals surface area contributed by atoms with Crippen LogP contribution in [-0.4, -0.2) is 41.2 Å². The summed E-state index contributed by atoms with van der Waals surface area (Å²) in [6, 6.07) is 85.4. The van der Waals surface area contributed by atoms with Gasteiger partial charge in [-0.15, -0.1) is 0 Å². The predicted octanol–water partition coefficient (Wildman–Crippen LogP) is 16.8. The monoisotopic (exact) mass is 1030 g/mol. The molecule has 388 valence electrons. The lowest BCUT2D eigenvalue weighted by Crippen LogP contribution is -2.41. The SMILES string of the molecule is CC1(C)OB(c2ccc(N(c3ccc4c(c3)c3cc(N(c5ccc(B6OC(C)(C)C(C)(C)O6)cc5)c5ccccc5-c5ccccc5)ccc3n4-c3cccc4ccccc34)c3ccccc3-c3ccccc3)cc2)OC1(C)C. The Hall–Kier alpha value is -8.17. The van der Waals surface area contributed by atoms with Crippen LogP contribution in [0.25, 0.3) is 60.5 Å². The topological polar surface area (TPSA) is 48.3 Å². The highest BCUT2D eigenvalue weighted by Crippen LogP contribution is 2.47. The molecular weight excluding hydrogens is 968 g/mol. The molecule has 7 nitrogen and oxygen atoms in total. The zero-order chi connectivity index (χ0) is 54.3. The second-order valence-electron chi connectivity index (χ2n) is 23.0. The zero-order valence-corrected chi connectivity index (χ0v) is 46.1. The van der Waals surface area contributed by atoms with Crippen LogP contribution in [0.2, 0.25) is 0 Å². The molecule has 2 fully saturated rings. The van der Waals surface area contributed by atoms with E-state index in [1.807, 2.05) is 0 Å². The molecule has 1 aromatic heterocycles. The minimum absolute atomic E-state index is 0.459. The van der Waals surface area contributed by atoms with Gasteiger partial charge in [-0.1, -0.05) is 158 Å². The van der Waals surface area contributed by atoms with Gasteiger partial charge in [-0.05, 0) is 162 Å². The van der Waals surface area contributed by atoms with E-state index in [0.29, 0.717) is 0 Å². The molecular formula is C70H63B2N3O4. The summed E-state index contributed by atoms with van der Waals surface area (Å²) in [5.41, 5.74) is 14.1. The summed E-state index contributed by atoms with van der Waals surface area (Å²) in [4.78, 5) is 4.79. The normalized spacial score (nSPS) is 16.3. The van der Waals surface area contributed by atoms with E-state index in [-0.39, 0.29) is 0 Å². The average Bonchev–Trinajstić information content (AvgIpc) is 4.05.